The summed E-state index contributed by atoms with van der Waals surface area (Å²) in [6.45, 7) is 2.18. The van der Waals surface area contributed by atoms with Crippen LogP contribution in [0.15, 0.2) is 33.3 Å². The zero-order valence-electron chi connectivity index (χ0n) is 10.8. The third-order valence-electron chi connectivity index (χ3n) is 2.30. The van der Waals surface area contributed by atoms with Gasteiger partial charge in [-0.25, -0.2) is 0 Å². The molecule has 0 amide bonds. The van der Waals surface area contributed by atoms with Gasteiger partial charge < -0.3 is 9.26 Å². The molecular formula is C13H13BrN2O3S. The smallest absolute Gasteiger partial charge is 0.315 e. The number of carbonyl (C=O) groups excluding carboxylic acids is 1. The molecule has 106 valence electrons. The number of nitrogens with zero attached hydrogens (tertiary/aromatic N) is 2. The quantitative estimate of drug-likeness (QED) is 0.739. The van der Waals surface area contributed by atoms with E-state index in [0.29, 0.717) is 24.1 Å². The molecule has 0 aliphatic heterocycles. The maximum Gasteiger partial charge on any atom is 0.315 e. The number of benzene rings is 1. The molecule has 5 nitrogen and oxygen atoms in total. The predicted molar refractivity (Wildman–Crippen MR) is 80.2 cm³/mol. The number of carbonyl (C=O) groups is 1. The maximum absolute atomic E-state index is 11.2. The molecular weight excluding hydrogens is 344 g/mol. The van der Waals surface area contributed by atoms with Crippen LogP contribution in [-0.4, -0.2) is 28.5 Å². The van der Waals surface area contributed by atoms with Crippen LogP contribution in [0.3, 0.4) is 0 Å². The van der Waals surface area contributed by atoms with Crippen LogP contribution < -0.4 is 0 Å². The molecule has 0 bridgehead atoms. The van der Waals surface area contributed by atoms with Crippen molar-refractivity contribution in [3.05, 3.63) is 34.6 Å². The van der Waals surface area contributed by atoms with E-state index in [0.717, 1.165) is 10.0 Å². The van der Waals surface area contributed by atoms with Crippen molar-refractivity contribution in [3.63, 3.8) is 0 Å². The first-order valence-electron chi connectivity index (χ1n) is 6.01. The van der Waals surface area contributed by atoms with E-state index in [9.17, 15) is 4.79 Å². The summed E-state index contributed by atoms with van der Waals surface area (Å²) in [4.78, 5) is 15.5. The average molecular weight is 357 g/mol. The van der Waals surface area contributed by atoms with Crippen molar-refractivity contribution in [2.75, 3.05) is 12.4 Å². The van der Waals surface area contributed by atoms with E-state index in [1.54, 1.807) is 6.92 Å². The standard InChI is InChI=1S/C13H13BrN2O3S/c1-2-18-12(17)8-20-7-11-15-13(16-19-11)9-4-3-5-10(14)6-9/h3-6H,2,7-8H2,1H3. The fourth-order valence-corrected chi connectivity index (χ4v) is 2.53. The Morgan fingerprint density at radius 3 is 3.10 bits per heavy atom. The lowest BCUT2D eigenvalue weighted by molar-refractivity contribution is -0.139. The zero-order valence-corrected chi connectivity index (χ0v) is 13.2. The van der Waals surface area contributed by atoms with Gasteiger partial charge in [-0.2, -0.15) is 4.98 Å². The van der Waals surface area contributed by atoms with Crippen LogP contribution in [0.1, 0.15) is 12.8 Å². The zero-order chi connectivity index (χ0) is 14.4. The Morgan fingerprint density at radius 2 is 2.35 bits per heavy atom. The van der Waals surface area contributed by atoms with Gasteiger partial charge in [-0.05, 0) is 19.1 Å². The highest BCUT2D eigenvalue weighted by atomic mass is 79.9. The van der Waals surface area contributed by atoms with Crippen molar-refractivity contribution in [1.29, 1.82) is 0 Å². The molecule has 2 rings (SSSR count). The molecule has 0 aliphatic rings. The number of esters is 1. The predicted octanol–water partition coefficient (Wildman–Crippen LogP) is 3.30. The van der Waals surface area contributed by atoms with Crippen LogP contribution in [-0.2, 0) is 15.3 Å². The minimum absolute atomic E-state index is 0.232. The Morgan fingerprint density at radius 1 is 1.50 bits per heavy atom. The third-order valence-corrected chi connectivity index (χ3v) is 3.69. The van der Waals surface area contributed by atoms with Gasteiger partial charge in [-0.3, -0.25) is 4.79 Å². The van der Waals surface area contributed by atoms with Crippen molar-refractivity contribution >= 4 is 33.7 Å². The van der Waals surface area contributed by atoms with Gasteiger partial charge in [0.2, 0.25) is 11.7 Å². The van der Waals surface area contributed by atoms with Crippen molar-refractivity contribution in [3.8, 4) is 11.4 Å². The number of hydrogen-bond acceptors (Lipinski definition) is 6. The van der Waals surface area contributed by atoms with Crippen molar-refractivity contribution in [2.24, 2.45) is 0 Å². The van der Waals surface area contributed by atoms with Gasteiger partial charge in [-0.15, -0.1) is 11.8 Å². The molecule has 0 radical (unpaired) electrons. The van der Waals surface area contributed by atoms with Crippen LogP contribution >= 0.6 is 27.7 Å². The minimum atomic E-state index is -0.232. The highest BCUT2D eigenvalue weighted by molar-refractivity contribution is 9.10. The number of hydrogen-bond donors (Lipinski definition) is 0. The maximum atomic E-state index is 11.2. The fourth-order valence-electron chi connectivity index (χ4n) is 1.48. The second-order valence-electron chi connectivity index (χ2n) is 3.82. The summed E-state index contributed by atoms with van der Waals surface area (Å²) < 4.78 is 10.9. The molecule has 2 aromatic rings. The number of ether oxygens (including phenoxy) is 1. The molecule has 1 heterocycles. The highest BCUT2D eigenvalue weighted by Gasteiger charge is 2.10. The lowest BCUT2D eigenvalue weighted by Gasteiger charge is -1.99. The van der Waals surface area contributed by atoms with E-state index in [4.69, 9.17) is 9.26 Å². The first-order valence-corrected chi connectivity index (χ1v) is 7.95. The summed E-state index contributed by atoms with van der Waals surface area (Å²) in [6, 6.07) is 7.66. The second kappa shape index (κ2) is 7.44. The molecule has 0 spiro atoms. The summed E-state index contributed by atoms with van der Waals surface area (Å²) in [6.07, 6.45) is 0. The van der Waals surface area contributed by atoms with E-state index in [-0.39, 0.29) is 11.7 Å². The van der Waals surface area contributed by atoms with E-state index in [2.05, 4.69) is 26.1 Å². The molecule has 1 aromatic heterocycles. The van der Waals surface area contributed by atoms with Crippen LogP contribution in [0.4, 0.5) is 0 Å². The van der Waals surface area contributed by atoms with Gasteiger partial charge >= 0.3 is 5.97 Å². The summed E-state index contributed by atoms with van der Waals surface area (Å²) in [5, 5.41) is 3.93. The second-order valence-corrected chi connectivity index (χ2v) is 5.72. The number of aromatic nitrogens is 2. The molecule has 0 saturated heterocycles. The van der Waals surface area contributed by atoms with E-state index < -0.39 is 0 Å². The molecule has 1 aromatic carbocycles. The number of rotatable bonds is 6. The van der Waals surface area contributed by atoms with Gasteiger partial charge in [0.1, 0.15) is 0 Å². The van der Waals surface area contributed by atoms with Crippen LogP contribution in [0.2, 0.25) is 0 Å². The SMILES string of the molecule is CCOC(=O)CSCc1nc(-c2cccc(Br)c2)no1. The summed E-state index contributed by atoms with van der Waals surface area (Å²) in [5.41, 5.74) is 0.879. The van der Waals surface area contributed by atoms with E-state index in [1.807, 2.05) is 24.3 Å². The average Bonchev–Trinajstić information content (AvgIpc) is 2.88. The minimum Gasteiger partial charge on any atom is -0.465 e. The summed E-state index contributed by atoms with van der Waals surface area (Å²) >= 11 is 4.78. The molecule has 0 atom stereocenters. The Kier molecular flexibility index (Phi) is 5.60. The first-order chi connectivity index (χ1) is 9.69. The Hall–Kier alpha value is -1.34. The first kappa shape index (κ1) is 15.1. The van der Waals surface area contributed by atoms with Crippen LogP contribution in [0, 0.1) is 0 Å². The Balaban J connectivity index is 1.91. The molecule has 7 heteroatoms. The molecule has 0 aliphatic carbocycles. The van der Waals surface area contributed by atoms with Gasteiger partial charge in [0, 0.05) is 10.0 Å². The van der Waals surface area contributed by atoms with Gasteiger partial charge in [0.05, 0.1) is 18.1 Å². The fraction of sp³-hybridized carbons (Fsp3) is 0.308. The topological polar surface area (TPSA) is 65.2 Å². The molecule has 20 heavy (non-hydrogen) atoms. The number of thioether (sulfide) groups is 1. The van der Waals surface area contributed by atoms with Crippen LogP contribution in [0.5, 0.6) is 0 Å². The third kappa shape index (κ3) is 4.35. The van der Waals surface area contributed by atoms with Crippen molar-refractivity contribution < 1.29 is 14.1 Å². The van der Waals surface area contributed by atoms with Crippen molar-refractivity contribution in [2.45, 2.75) is 12.7 Å². The molecule has 0 saturated carbocycles. The number of halogens is 1. The van der Waals surface area contributed by atoms with E-state index >= 15 is 0 Å². The normalized spacial score (nSPS) is 10.5. The Bertz CT molecular complexity index is 589. The van der Waals surface area contributed by atoms with Gasteiger partial charge in [0.15, 0.2) is 0 Å². The van der Waals surface area contributed by atoms with Gasteiger partial charge in [0.25, 0.3) is 0 Å². The highest BCUT2D eigenvalue weighted by Crippen LogP contribution is 2.21. The summed E-state index contributed by atoms with van der Waals surface area (Å²) in [7, 11) is 0. The summed E-state index contributed by atoms with van der Waals surface area (Å²) in [5.74, 6) is 1.57. The largest absolute Gasteiger partial charge is 0.465 e. The molecule has 0 unspecified atom stereocenters. The van der Waals surface area contributed by atoms with Crippen molar-refractivity contribution in [1.82, 2.24) is 10.1 Å². The lowest BCUT2D eigenvalue weighted by atomic mass is 10.2. The monoisotopic (exact) mass is 356 g/mol. The van der Waals surface area contributed by atoms with Crippen LogP contribution in [0.25, 0.3) is 11.4 Å². The molecule has 0 N–H and O–H groups in total. The Labute approximate surface area is 129 Å². The molecule has 0 fully saturated rings. The van der Waals surface area contributed by atoms with Gasteiger partial charge in [-0.1, -0.05) is 33.2 Å². The lowest BCUT2D eigenvalue weighted by Crippen LogP contribution is -2.06. The van der Waals surface area contributed by atoms with E-state index in [1.165, 1.54) is 11.8 Å².